The molecule has 3 heteroatoms. The van der Waals surface area contributed by atoms with Crippen LogP contribution in [0.1, 0.15) is 18.5 Å². The number of furan rings is 1. The number of anilines is 1. The Morgan fingerprint density at radius 1 is 1.31 bits per heavy atom. The van der Waals surface area contributed by atoms with E-state index in [-0.39, 0.29) is 6.04 Å². The maximum Gasteiger partial charge on any atom is 0.0955 e. The standard InChI is InChI=1S/C13H15NOS/c1-10(11-6-7-15-9-11)14-12-4-3-5-13(8-12)16-2/h3-10,14H,1-2H3. The number of rotatable bonds is 4. The Kier molecular flexibility index (Phi) is 3.57. The summed E-state index contributed by atoms with van der Waals surface area (Å²) in [6.45, 7) is 2.12. The zero-order valence-corrected chi connectivity index (χ0v) is 10.3. The van der Waals surface area contributed by atoms with Crippen molar-refractivity contribution in [2.75, 3.05) is 11.6 Å². The molecule has 0 aliphatic carbocycles. The maximum atomic E-state index is 5.07. The van der Waals surface area contributed by atoms with Gasteiger partial charge in [0.2, 0.25) is 0 Å². The summed E-state index contributed by atoms with van der Waals surface area (Å²) in [4.78, 5) is 1.27. The van der Waals surface area contributed by atoms with Crippen molar-refractivity contribution in [1.82, 2.24) is 0 Å². The predicted octanol–water partition coefficient (Wildman–Crippen LogP) is 4.17. The molecule has 0 aliphatic heterocycles. The van der Waals surface area contributed by atoms with E-state index in [1.54, 1.807) is 24.3 Å². The molecule has 0 bridgehead atoms. The number of hydrogen-bond donors (Lipinski definition) is 1. The molecule has 0 spiro atoms. The fourth-order valence-electron chi connectivity index (χ4n) is 1.57. The van der Waals surface area contributed by atoms with Gasteiger partial charge < -0.3 is 9.73 Å². The summed E-state index contributed by atoms with van der Waals surface area (Å²) in [6, 6.07) is 10.7. The lowest BCUT2D eigenvalue weighted by Crippen LogP contribution is -2.05. The Labute approximate surface area is 100 Å². The van der Waals surface area contributed by atoms with Crippen molar-refractivity contribution in [3.8, 4) is 0 Å². The highest BCUT2D eigenvalue weighted by Gasteiger charge is 2.06. The van der Waals surface area contributed by atoms with Crippen LogP contribution in [0.15, 0.2) is 52.2 Å². The highest BCUT2D eigenvalue weighted by Crippen LogP contribution is 2.23. The molecular formula is C13H15NOS. The molecule has 0 saturated heterocycles. The fourth-order valence-corrected chi connectivity index (χ4v) is 2.03. The third-order valence-electron chi connectivity index (χ3n) is 2.50. The Morgan fingerprint density at radius 3 is 2.88 bits per heavy atom. The number of thioether (sulfide) groups is 1. The Hall–Kier alpha value is -1.35. The van der Waals surface area contributed by atoms with Crippen LogP contribution < -0.4 is 5.32 Å². The second kappa shape index (κ2) is 5.12. The van der Waals surface area contributed by atoms with Crippen molar-refractivity contribution in [3.05, 3.63) is 48.4 Å². The van der Waals surface area contributed by atoms with Crippen molar-refractivity contribution >= 4 is 17.4 Å². The van der Waals surface area contributed by atoms with Crippen LogP contribution in [0.2, 0.25) is 0 Å². The van der Waals surface area contributed by atoms with E-state index >= 15 is 0 Å². The van der Waals surface area contributed by atoms with Crippen molar-refractivity contribution in [1.29, 1.82) is 0 Å². The average Bonchev–Trinajstić information content (AvgIpc) is 2.83. The molecule has 1 N–H and O–H groups in total. The van der Waals surface area contributed by atoms with Crippen LogP contribution >= 0.6 is 11.8 Å². The summed E-state index contributed by atoms with van der Waals surface area (Å²) in [7, 11) is 0. The summed E-state index contributed by atoms with van der Waals surface area (Å²) < 4.78 is 5.07. The van der Waals surface area contributed by atoms with E-state index in [9.17, 15) is 0 Å². The number of nitrogens with one attached hydrogen (secondary N) is 1. The molecule has 1 aromatic heterocycles. The van der Waals surface area contributed by atoms with E-state index in [0.29, 0.717) is 0 Å². The molecule has 1 heterocycles. The largest absolute Gasteiger partial charge is 0.472 e. The van der Waals surface area contributed by atoms with Gasteiger partial charge >= 0.3 is 0 Å². The molecule has 0 fully saturated rings. The van der Waals surface area contributed by atoms with Crippen LogP contribution in [0.25, 0.3) is 0 Å². The average molecular weight is 233 g/mol. The first-order valence-corrected chi connectivity index (χ1v) is 6.45. The van der Waals surface area contributed by atoms with Gasteiger partial charge in [-0.05, 0) is 37.4 Å². The lowest BCUT2D eigenvalue weighted by Gasteiger charge is -2.14. The molecule has 0 saturated carbocycles. The van der Waals surface area contributed by atoms with Gasteiger partial charge in [-0.2, -0.15) is 0 Å². The SMILES string of the molecule is CSc1cccc(NC(C)c2ccoc2)c1. The highest BCUT2D eigenvalue weighted by molar-refractivity contribution is 7.98. The second-order valence-corrected chi connectivity index (χ2v) is 4.53. The first kappa shape index (κ1) is 11.1. The van der Waals surface area contributed by atoms with Crippen molar-refractivity contribution in [2.24, 2.45) is 0 Å². The Balaban J connectivity index is 2.08. The molecule has 1 aromatic carbocycles. The van der Waals surface area contributed by atoms with Gasteiger partial charge in [0, 0.05) is 16.1 Å². The van der Waals surface area contributed by atoms with Gasteiger partial charge in [0.05, 0.1) is 18.6 Å². The molecule has 2 nitrogen and oxygen atoms in total. The van der Waals surface area contributed by atoms with Gasteiger partial charge in [0.1, 0.15) is 0 Å². The third kappa shape index (κ3) is 2.61. The minimum atomic E-state index is 0.260. The highest BCUT2D eigenvalue weighted by atomic mass is 32.2. The van der Waals surface area contributed by atoms with Crippen molar-refractivity contribution < 1.29 is 4.42 Å². The zero-order valence-electron chi connectivity index (χ0n) is 9.44. The van der Waals surface area contributed by atoms with Gasteiger partial charge in [0.15, 0.2) is 0 Å². The van der Waals surface area contributed by atoms with E-state index in [0.717, 1.165) is 11.3 Å². The number of benzene rings is 1. The van der Waals surface area contributed by atoms with E-state index in [4.69, 9.17) is 4.42 Å². The molecule has 0 aliphatic rings. The van der Waals surface area contributed by atoms with Crippen LogP contribution in [0.4, 0.5) is 5.69 Å². The molecule has 2 rings (SSSR count). The van der Waals surface area contributed by atoms with Crippen molar-refractivity contribution in [2.45, 2.75) is 17.9 Å². The van der Waals surface area contributed by atoms with E-state index in [1.165, 1.54) is 4.90 Å². The zero-order chi connectivity index (χ0) is 11.4. The topological polar surface area (TPSA) is 25.2 Å². The summed E-state index contributed by atoms with van der Waals surface area (Å²) >= 11 is 1.75. The fraction of sp³-hybridized carbons (Fsp3) is 0.231. The minimum Gasteiger partial charge on any atom is -0.472 e. The second-order valence-electron chi connectivity index (χ2n) is 3.65. The van der Waals surface area contributed by atoms with Gasteiger partial charge in [-0.15, -0.1) is 11.8 Å². The number of hydrogen-bond acceptors (Lipinski definition) is 3. The lowest BCUT2D eigenvalue weighted by atomic mass is 10.1. The quantitative estimate of drug-likeness (QED) is 0.802. The smallest absolute Gasteiger partial charge is 0.0955 e. The van der Waals surface area contributed by atoms with Crippen LogP contribution in [-0.4, -0.2) is 6.26 Å². The monoisotopic (exact) mass is 233 g/mol. The van der Waals surface area contributed by atoms with E-state index in [2.05, 4.69) is 42.8 Å². The summed E-state index contributed by atoms with van der Waals surface area (Å²) in [5.74, 6) is 0. The van der Waals surface area contributed by atoms with Crippen molar-refractivity contribution in [3.63, 3.8) is 0 Å². The van der Waals surface area contributed by atoms with E-state index in [1.807, 2.05) is 6.07 Å². The maximum absolute atomic E-state index is 5.07. The molecule has 1 unspecified atom stereocenters. The van der Waals surface area contributed by atoms with E-state index < -0.39 is 0 Å². The van der Waals surface area contributed by atoms with Crippen LogP contribution in [0, 0.1) is 0 Å². The van der Waals surface area contributed by atoms with Crippen LogP contribution in [0.5, 0.6) is 0 Å². The summed E-state index contributed by atoms with van der Waals surface area (Å²) in [6.07, 6.45) is 5.56. The normalized spacial score (nSPS) is 12.4. The molecule has 0 amide bonds. The molecule has 0 radical (unpaired) electrons. The molecule has 1 atom stereocenters. The summed E-state index contributed by atoms with van der Waals surface area (Å²) in [5.41, 5.74) is 2.30. The molecular weight excluding hydrogens is 218 g/mol. The Morgan fingerprint density at radius 2 is 2.19 bits per heavy atom. The van der Waals surface area contributed by atoms with Gasteiger partial charge in [0.25, 0.3) is 0 Å². The van der Waals surface area contributed by atoms with Crippen LogP contribution in [-0.2, 0) is 0 Å². The molecule has 16 heavy (non-hydrogen) atoms. The minimum absolute atomic E-state index is 0.260. The molecule has 84 valence electrons. The van der Waals surface area contributed by atoms with Gasteiger partial charge in [-0.25, -0.2) is 0 Å². The first-order valence-electron chi connectivity index (χ1n) is 5.22. The predicted molar refractivity (Wildman–Crippen MR) is 69.0 cm³/mol. The summed E-state index contributed by atoms with van der Waals surface area (Å²) in [5, 5.41) is 3.45. The Bertz CT molecular complexity index is 439. The van der Waals surface area contributed by atoms with Crippen LogP contribution in [0.3, 0.4) is 0 Å². The van der Waals surface area contributed by atoms with Gasteiger partial charge in [-0.3, -0.25) is 0 Å². The first-order chi connectivity index (χ1) is 7.79. The lowest BCUT2D eigenvalue weighted by molar-refractivity contribution is 0.562. The van der Waals surface area contributed by atoms with Gasteiger partial charge in [-0.1, -0.05) is 6.07 Å². The third-order valence-corrected chi connectivity index (χ3v) is 3.22. The molecule has 2 aromatic rings.